The summed E-state index contributed by atoms with van der Waals surface area (Å²) in [6.07, 6.45) is 1.78. The molecule has 2 aromatic carbocycles. The number of halogens is 2. The molecule has 0 bridgehead atoms. The van der Waals surface area contributed by atoms with E-state index in [0.717, 1.165) is 37.5 Å². The van der Waals surface area contributed by atoms with Crippen molar-refractivity contribution in [3.63, 3.8) is 0 Å². The van der Waals surface area contributed by atoms with Crippen molar-refractivity contribution in [3.8, 4) is 0 Å². The van der Waals surface area contributed by atoms with Gasteiger partial charge in [-0.3, -0.25) is 4.90 Å². The third-order valence-electron chi connectivity index (χ3n) is 4.14. The first kappa shape index (κ1) is 18.8. The van der Waals surface area contributed by atoms with Crippen LogP contribution in [0.4, 0.5) is 0 Å². The number of hydrogen-bond acceptors (Lipinski definition) is 3. The summed E-state index contributed by atoms with van der Waals surface area (Å²) in [4.78, 5) is 14.5. The van der Waals surface area contributed by atoms with Gasteiger partial charge in [-0.05, 0) is 42.7 Å². The summed E-state index contributed by atoms with van der Waals surface area (Å²) >= 11 is 5.91. The molecule has 3 rings (SSSR count). The van der Waals surface area contributed by atoms with E-state index in [1.54, 1.807) is 12.1 Å². The van der Waals surface area contributed by atoms with Crippen LogP contribution in [0.25, 0.3) is 0 Å². The number of piperidine rings is 1. The van der Waals surface area contributed by atoms with Gasteiger partial charge >= 0.3 is 5.97 Å². The Morgan fingerprint density at radius 3 is 2.29 bits per heavy atom. The molecule has 0 amide bonds. The number of benzene rings is 2. The maximum Gasteiger partial charge on any atom is 0.338 e. The van der Waals surface area contributed by atoms with Crippen LogP contribution in [0.5, 0.6) is 0 Å². The highest BCUT2D eigenvalue weighted by Crippen LogP contribution is 2.18. The number of nitrogens with zero attached hydrogens (tertiary/aromatic N) is 1. The predicted octanol–water partition coefficient (Wildman–Crippen LogP) is 4.58. The maximum atomic E-state index is 12.1. The number of carbonyl (C=O) groups is 1. The average Bonchev–Trinajstić information content (AvgIpc) is 2.59. The summed E-state index contributed by atoms with van der Waals surface area (Å²) in [5, 5.41) is 0.764. The second-order valence-corrected chi connectivity index (χ2v) is 6.31. The van der Waals surface area contributed by atoms with Crippen molar-refractivity contribution in [2.75, 3.05) is 13.1 Å². The van der Waals surface area contributed by atoms with E-state index in [0.29, 0.717) is 5.56 Å². The van der Waals surface area contributed by atoms with Gasteiger partial charge < -0.3 is 4.74 Å². The first-order chi connectivity index (χ1) is 11.2. The maximum absolute atomic E-state index is 12.1. The lowest BCUT2D eigenvalue weighted by molar-refractivity contribution is 0.0104. The summed E-state index contributed by atoms with van der Waals surface area (Å²) in [5.41, 5.74) is 1.88. The summed E-state index contributed by atoms with van der Waals surface area (Å²) in [6.45, 7) is 2.79. The molecule has 128 valence electrons. The lowest BCUT2D eigenvalue weighted by Gasteiger charge is -2.31. The van der Waals surface area contributed by atoms with E-state index in [2.05, 4.69) is 17.0 Å². The zero-order valence-electron chi connectivity index (χ0n) is 13.4. The zero-order valence-corrected chi connectivity index (χ0v) is 14.9. The lowest BCUT2D eigenvalue weighted by atomic mass is 10.1. The Morgan fingerprint density at radius 1 is 1.04 bits per heavy atom. The van der Waals surface area contributed by atoms with Crippen LogP contribution >= 0.6 is 24.0 Å². The molecule has 0 N–H and O–H groups in total. The molecule has 0 unspecified atom stereocenters. The van der Waals surface area contributed by atoms with E-state index in [-0.39, 0.29) is 24.5 Å². The highest BCUT2D eigenvalue weighted by molar-refractivity contribution is 6.30. The monoisotopic (exact) mass is 365 g/mol. The summed E-state index contributed by atoms with van der Waals surface area (Å²) in [7, 11) is 0. The average molecular weight is 366 g/mol. The van der Waals surface area contributed by atoms with Crippen molar-refractivity contribution in [1.82, 2.24) is 4.90 Å². The molecule has 3 nitrogen and oxygen atoms in total. The van der Waals surface area contributed by atoms with E-state index in [9.17, 15) is 4.79 Å². The van der Waals surface area contributed by atoms with Crippen molar-refractivity contribution in [1.29, 1.82) is 0 Å². The molecule has 0 aliphatic carbocycles. The number of hydrogen-bond donors (Lipinski definition) is 0. The minimum absolute atomic E-state index is 0. The molecule has 1 saturated heterocycles. The van der Waals surface area contributed by atoms with Gasteiger partial charge in [0.05, 0.1) is 5.56 Å². The molecule has 0 spiro atoms. The van der Waals surface area contributed by atoms with Crippen LogP contribution in [-0.2, 0) is 11.3 Å². The van der Waals surface area contributed by atoms with Crippen LogP contribution in [0.2, 0.25) is 5.02 Å². The summed E-state index contributed by atoms with van der Waals surface area (Å²) in [5.74, 6) is -0.221. The van der Waals surface area contributed by atoms with Crippen LogP contribution in [0.15, 0.2) is 54.6 Å². The Kier molecular flexibility index (Phi) is 7.10. The number of rotatable bonds is 4. The largest absolute Gasteiger partial charge is 0.459 e. The topological polar surface area (TPSA) is 29.5 Å². The van der Waals surface area contributed by atoms with Crippen molar-refractivity contribution < 1.29 is 9.53 Å². The van der Waals surface area contributed by atoms with Crippen LogP contribution in [0, 0.1) is 0 Å². The lowest BCUT2D eigenvalue weighted by Crippen LogP contribution is -2.37. The third-order valence-corrected chi connectivity index (χ3v) is 4.39. The molecule has 0 radical (unpaired) electrons. The molecule has 1 fully saturated rings. The number of likely N-dealkylation sites (tertiary alicyclic amines) is 1. The number of esters is 1. The minimum Gasteiger partial charge on any atom is -0.459 e. The molecule has 24 heavy (non-hydrogen) atoms. The van der Waals surface area contributed by atoms with Gasteiger partial charge in [-0.1, -0.05) is 41.9 Å². The quantitative estimate of drug-likeness (QED) is 0.742. The van der Waals surface area contributed by atoms with Gasteiger partial charge in [0.2, 0.25) is 0 Å². The second-order valence-electron chi connectivity index (χ2n) is 5.87. The van der Waals surface area contributed by atoms with Crippen molar-refractivity contribution in [2.24, 2.45) is 0 Å². The third kappa shape index (κ3) is 5.23. The molecule has 1 heterocycles. The zero-order chi connectivity index (χ0) is 16.1. The van der Waals surface area contributed by atoms with Crippen molar-refractivity contribution in [3.05, 3.63) is 70.7 Å². The standard InChI is InChI=1S/C19H20ClNO2.ClH/c20-17-8-6-15(7-9-17)14-21-12-10-18(11-13-21)23-19(22)16-4-2-1-3-5-16;/h1-9,18H,10-14H2;1H. The molecule has 0 saturated carbocycles. The van der Waals surface area contributed by atoms with Gasteiger partial charge in [-0.25, -0.2) is 4.79 Å². The second kappa shape index (κ2) is 9.07. The molecular formula is C19H21Cl2NO2. The van der Waals surface area contributed by atoms with Gasteiger partial charge in [-0.2, -0.15) is 0 Å². The number of ether oxygens (including phenoxy) is 1. The molecule has 5 heteroatoms. The minimum atomic E-state index is -0.221. The van der Waals surface area contributed by atoms with Crippen LogP contribution in [0.3, 0.4) is 0 Å². The van der Waals surface area contributed by atoms with E-state index >= 15 is 0 Å². The molecule has 1 aliphatic rings. The van der Waals surface area contributed by atoms with E-state index in [4.69, 9.17) is 16.3 Å². The van der Waals surface area contributed by atoms with Gasteiger partial charge in [-0.15, -0.1) is 12.4 Å². The Bertz CT molecular complexity index is 638. The Labute approximate surface area is 154 Å². The smallest absolute Gasteiger partial charge is 0.338 e. The predicted molar refractivity (Wildman–Crippen MR) is 98.9 cm³/mol. The fraction of sp³-hybridized carbons (Fsp3) is 0.316. The van der Waals surface area contributed by atoms with E-state index in [1.165, 1.54) is 5.56 Å². The van der Waals surface area contributed by atoms with Gasteiger partial charge in [0.1, 0.15) is 6.10 Å². The van der Waals surface area contributed by atoms with Crippen LogP contribution in [-0.4, -0.2) is 30.1 Å². The van der Waals surface area contributed by atoms with E-state index in [1.807, 2.05) is 30.3 Å². The molecule has 0 atom stereocenters. The fourth-order valence-electron chi connectivity index (χ4n) is 2.83. The Hall–Kier alpha value is -1.55. The first-order valence-corrected chi connectivity index (χ1v) is 8.31. The highest BCUT2D eigenvalue weighted by Gasteiger charge is 2.22. The highest BCUT2D eigenvalue weighted by atomic mass is 35.5. The first-order valence-electron chi connectivity index (χ1n) is 7.93. The van der Waals surface area contributed by atoms with E-state index < -0.39 is 0 Å². The Morgan fingerprint density at radius 2 is 1.67 bits per heavy atom. The van der Waals surface area contributed by atoms with Gasteiger partial charge in [0.25, 0.3) is 0 Å². The summed E-state index contributed by atoms with van der Waals surface area (Å²) in [6, 6.07) is 17.1. The molecule has 0 aromatic heterocycles. The van der Waals surface area contributed by atoms with Gasteiger partial charge in [0.15, 0.2) is 0 Å². The Balaban J connectivity index is 0.00000208. The van der Waals surface area contributed by atoms with Crippen LogP contribution < -0.4 is 0 Å². The van der Waals surface area contributed by atoms with Gasteiger partial charge in [0, 0.05) is 24.7 Å². The van der Waals surface area contributed by atoms with Crippen molar-refractivity contribution >= 4 is 30.0 Å². The fourth-order valence-corrected chi connectivity index (χ4v) is 2.95. The molecule has 1 aliphatic heterocycles. The normalized spacial score (nSPS) is 15.5. The summed E-state index contributed by atoms with van der Waals surface area (Å²) < 4.78 is 5.61. The number of carbonyl (C=O) groups excluding carboxylic acids is 1. The molecule has 2 aromatic rings. The SMILES string of the molecule is Cl.O=C(OC1CCN(Cc2ccc(Cl)cc2)CC1)c1ccccc1. The molecular weight excluding hydrogens is 345 g/mol. The van der Waals surface area contributed by atoms with Crippen LogP contribution in [0.1, 0.15) is 28.8 Å². The van der Waals surface area contributed by atoms with Crippen molar-refractivity contribution in [2.45, 2.75) is 25.5 Å².